The zero-order chi connectivity index (χ0) is 17.5. The van der Waals surface area contributed by atoms with E-state index >= 15 is 0 Å². The Morgan fingerprint density at radius 3 is 2.62 bits per heavy atom. The summed E-state index contributed by atoms with van der Waals surface area (Å²) in [6.07, 6.45) is 3.71. The number of pyridine rings is 1. The van der Waals surface area contributed by atoms with Crippen molar-refractivity contribution in [3.05, 3.63) is 47.8 Å². The molecule has 24 heavy (non-hydrogen) atoms. The SMILES string of the molecule is CCCCC(=O)Nc1ccc(C)cc1NC(=O)c1cc(N)ccn1. The van der Waals surface area contributed by atoms with Crippen molar-refractivity contribution < 1.29 is 9.59 Å². The maximum absolute atomic E-state index is 12.3. The lowest BCUT2D eigenvalue weighted by Crippen LogP contribution is -2.17. The topological polar surface area (TPSA) is 97.1 Å². The van der Waals surface area contributed by atoms with E-state index in [2.05, 4.69) is 15.6 Å². The standard InChI is InChI=1S/C18H22N4O2/c1-3-4-5-17(23)21-14-7-6-12(2)10-15(14)22-18(24)16-11-13(19)8-9-20-16/h6-11H,3-5H2,1-2H3,(H2,19,20)(H,21,23)(H,22,24). The minimum atomic E-state index is -0.378. The van der Waals surface area contributed by atoms with Crippen LogP contribution in [0.2, 0.25) is 0 Å². The van der Waals surface area contributed by atoms with Gasteiger partial charge in [-0.2, -0.15) is 0 Å². The number of carbonyl (C=O) groups excluding carboxylic acids is 2. The molecule has 0 aliphatic rings. The number of carbonyl (C=O) groups is 2. The molecule has 1 heterocycles. The first-order valence-electron chi connectivity index (χ1n) is 7.93. The molecule has 2 amide bonds. The van der Waals surface area contributed by atoms with Gasteiger partial charge in [-0.3, -0.25) is 14.6 Å². The number of benzene rings is 1. The molecular formula is C18H22N4O2. The largest absolute Gasteiger partial charge is 0.399 e. The highest BCUT2D eigenvalue weighted by atomic mass is 16.2. The van der Waals surface area contributed by atoms with Gasteiger partial charge in [0.1, 0.15) is 5.69 Å². The summed E-state index contributed by atoms with van der Waals surface area (Å²) in [5.41, 5.74) is 8.44. The van der Waals surface area contributed by atoms with Crippen molar-refractivity contribution >= 4 is 28.9 Å². The van der Waals surface area contributed by atoms with Gasteiger partial charge in [-0.1, -0.05) is 19.4 Å². The predicted octanol–water partition coefficient (Wildman–Crippen LogP) is 3.35. The van der Waals surface area contributed by atoms with Gasteiger partial charge in [-0.25, -0.2) is 0 Å². The minimum absolute atomic E-state index is 0.0710. The summed E-state index contributed by atoms with van der Waals surface area (Å²) < 4.78 is 0. The smallest absolute Gasteiger partial charge is 0.274 e. The van der Waals surface area contributed by atoms with Gasteiger partial charge in [0.2, 0.25) is 5.91 Å². The number of nitrogen functional groups attached to an aromatic ring is 1. The van der Waals surface area contributed by atoms with Crippen LogP contribution in [-0.2, 0) is 4.79 Å². The highest BCUT2D eigenvalue weighted by molar-refractivity contribution is 6.06. The predicted molar refractivity (Wildman–Crippen MR) is 95.9 cm³/mol. The number of rotatable bonds is 6. The van der Waals surface area contributed by atoms with Gasteiger partial charge in [0, 0.05) is 18.3 Å². The van der Waals surface area contributed by atoms with Crippen LogP contribution in [-0.4, -0.2) is 16.8 Å². The lowest BCUT2D eigenvalue weighted by atomic mass is 10.1. The first-order chi connectivity index (χ1) is 11.5. The third-order valence-corrected chi connectivity index (χ3v) is 3.47. The molecule has 0 aliphatic heterocycles. The molecule has 6 heteroatoms. The van der Waals surface area contributed by atoms with Crippen molar-refractivity contribution in [3.63, 3.8) is 0 Å². The molecule has 1 aromatic carbocycles. The molecule has 4 N–H and O–H groups in total. The molecule has 0 saturated carbocycles. The summed E-state index contributed by atoms with van der Waals surface area (Å²) in [4.78, 5) is 28.3. The molecule has 0 spiro atoms. The van der Waals surface area contributed by atoms with Crippen LogP contribution in [0.3, 0.4) is 0 Å². The molecule has 6 nitrogen and oxygen atoms in total. The van der Waals surface area contributed by atoms with Crippen LogP contribution in [0.25, 0.3) is 0 Å². The van der Waals surface area contributed by atoms with Gasteiger partial charge in [0.15, 0.2) is 0 Å². The second-order valence-electron chi connectivity index (χ2n) is 5.63. The van der Waals surface area contributed by atoms with Gasteiger partial charge >= 0.3 is 0 Å². The Kier molecular flexibility index (Phi) is 5.89. The monoisotopic (exact) mass is 326 g/mol. The Hall–Kier alpha value is -2.89. The summed E-state index contributed by atoms with van der Waals surface area (Å²) in [6, 6.07) is 8.58. The van der Waals surface area contributed by atoms with Crippen LogP contribution in [0.5, 0.6) is 0 Å². The molecule has 0 unspecified atom stereocenters. The number of nitrogens with zero attached hydrogens (tertiary/aromatic N) is 1. The second-order valence-corrected chi connectivity index (χ2v) is 5.63. The zero-order valence-corrected chi connectivity index (χ0v) is 13.9. The Balaban J connectivity index is 2.18. The Morgan fingerprint density at radius 2 is 1.92 bits per heavy atom. The van der Waals surface area contributed by atoms with Gasteiger partial charge < -0.3 is 16.4 Å². The molecule has 2 aromatic rings. The summed E-state index contributed by atoms with van der Waals surface area (Å²) in [6.45, 7) is 3.94. The number of anilines is 3. The van der Waals surface area contributed by atoms with Crippen molar-refractivity contribution in [1.82, 2.24) is 4.98 Å². The number of nitrogens with two attached hydrogens (primary N) is 1. The lowest BCUT2D eigenvalue weighted by molar-refractivity contribution is -0.116. The van der Waals surface area contributed by atoms with E-state index in [4.69, 9.17) is 5.73 Å². The number of hydrogen-bond acceptors (Lipinski definition) is 4. The van der Waals surface area contributed by atoms with E-state index in [0.29, 0.717) is 23.5 Å². The van der Waals surface area contributed by atoms with Crippen LogP contribution in [0, 0.1) is 6.92 Å². The van der Waals surface area contributed by atoms with Crippen LogP contribution in [0.15, 0.2) is 36.5 Å². The molecule has 0 radical (unpaired) electrons. The van der Waals surface area contributed by atoms with Gasteiger partial charge in [0.25, 0.3) is 5.91 Å². The van der Waals surface area contributed by atoms with Gasteiger partial charge in [-0.05, 0) is 43.2 Å². The van der Waals surface area contributed by atoms with Crippen LogP contribution < -0.4 is 16.4 Å². The Morgan fingerprint density at radius 1 is 1.12 bits per heavy atom. The minimum Gasteiger partial charge on any atom is -0.399 e. The number of aromatic nitrogens is 1. The fourth-order valence-corrected chi connectivity index (χ4v) is 2.18. The van der Waals surface area contributed by atoms with Crippen molar-refractivity contribution in [2.45, 2.75) is 33.1 Å². The average molecular weight is 326 g/mol. The number of nitrogens with one attached hydrogen (secondary N) is 2. The first kappa shape index (κ1) is 17.5. The molecule has 2 rings (SSSR count). The molecule has 0 saturated heterocycles. The van der Waals surface area contributed by atoms with Crippen LogP contribution in [0.1, 0.15) is 42.2 Å². The van der Waals surface area contributed by atoms with Crippen molar-refractivity contribution in [1.29, 1.82) is 0 Å². The Labute approximate surface area is 141 Å². The summed E-state index contributed by atoms with van der Waals surface area (Å²) >= 11 is 0. The zero-order valence-electron chi connectivity index (χ0n) is 13.9. The maximum atomic E-state index is 12.3. The maximum Gasteiger partial charge on any atom is 0.274 e. The number of amides is 2. The quantitative estimate of drug-likeness (QED) is 0.758. The number of unbranched alkanes of at least 4 members (excludes halogenated alkanes) is 1. The van der Waals surface area contributed by atoms with Gasteiger partial charge in [0.05, 0.1) is 11.4 Å². The van der Waals surface area contributed by atoms with E-state index in [-0.39, 0.29) is 17.5 Å². The highest BCUT2D eigenvalue weighted by Crippen LogP contribution is 2.24. The van der Waals surface area contributed by atoms with Crippen LogP contribution in [0.4, 0.5) is 17.1 Å². The number of hydrogen-bond donors (Lipinski definition) is 3. The van der Waals surface area contributed by atoms with E-state index < -0.39 is 0 Å². The molecule has 0 fully saturated rings. The second kappa shape index (κ2) is 8.10. The van der Waals surface area contributed by atoms with Crippen LogP contribution >= 0.6 is 0 Å². The van der Waals surface area contributed by atoms with Crippen molar-refractivity contribution in [3.8, 4) is 0 Å². The molecule has 0 bridgehead atoms. The van der Waals surface area contributed by atoms with E-state index in [1.54, 1.807) is 18.2 Å². The highest BCUT2D eigenvalue weighted by Gasteiger charge is 2.12. The summed E-state index contributed by atoms with van der Waals surface area (Å²) in [5, 5.41) is 5.63. The molecule has 126 valence electrons. The summed E-state index contributed by atoms with van der Waals surface area (Å²) in [7, 11) is 0. The number of aryl methyl sites for hydroxylation is 1. The third kappa shape index (κ3) is 4.81. The van der Waals surface area contributed by atoms with Crippen molar-refractivity contribution in [2.75, 3.05) is 16.4 Å². The third-order valence-electron chi connectivity index (χ3n) is 3.47. The Bertz CT molecular complexity index is 744. The molecular weight excluding hydrogens is 304 g/mol. The average Bonchev–Trinajstić information content (AvgIpc) is 2.55. The molecule has 1 aromatic heterocycles. The van der Waals surface area contributed by atoms with Crippen molar-refractivity contribution in [2.24, 2.45) is 0 Å². The van der Waals surface area contributed by atoms with Gasteiger partial charge in [-0.15, -0.1) is 0 Å². The first-order valence-corrected chi connectivity index (χ1v) is 7.93. The lowest BCUT2D eigenvalue weighted by Gasteiger charge is -2.13. The molecule has 0 atom stereocenters. The molecule has 0 aliphatic carbocycles. The van der Waals surface area contributed by atoms with E-state index in [1.807, 2.05) is 19.9 Å². The van der Waals surface area contributed by atoms with E-state index in [1.165, 1.54) is 12.3 Å². The van der Waals surface area contributed by atoms with E-state index in [0.717, 1.165) is 18.4 Å². The fraction of sp³-hybridized carbons (Fsp3) is 0.278. The van der Waals surface area contributed by atoms with E-state index in [9.17, 15) is 9.59 Å². The fourth-order valence-electron chi connectivity index (χ4n) is 2.18. The normalized spacial score (nSPS) is 10.2. The summed E-state index contributed by atoms with van der Waals surface area (Å²) in [5.74, 6) is -0.449.